The zero-order chi connectivity index (χ0) is 12.4. The van der Waals surface area contributed by atoms with E-state index in [0.717, 1.165) is 12.1 Å². The van der Waals surface area contributed by atoms with E-state index >= 15 is 0 Å². The molecule has 2 aromatic rings. The number of aryl methyl sites for hydroxylation is 2. The van der Waals surface area contributed by atoms with Crippen LogP contribution in [0.15, 0.2) is 27.7 Å². The normalized spacial score (nSPS) is 11.3. The Morgan fingerprint density at radius 2 is 2.00 bits per heavy atom. The van der Waals surface area contributed by atoms with Gasteiger partial charge in [-0.3, -0.25) is 4.99 Å². The summed E-state index contributed by atoms with van der Waals surface area (Å²) in [5.74, 6) is -1.19. The minimum absolute atomic E-state index is 0.476. The van der Waals surface area contributed by atoms with Gasteiger partial charge in [-0.25, -0.2) is 8.78 Å². The fourth-order valence-corrected chi connectivity index (χ4v) is 1.39. The first-order chi connectivity index (χ1) is 8.08. The van der Waals surface area contributed by atoms with Crippen molar-refractivity contribution in [2.45, 2.75) is 13.8 Å². The fourth-order valence-electron chi connectivity index (χ4n) is 1.39. The molecular formula is C12H10F2N2O. The van der Waals surface area contributed by atoms with Crippen molar-refractivity contribution in [2.75, 3.05) is 0 Å². The molecule has 2 rings (SSSR count). The standard InChI is InChI=1S/C12H10F2N2O/c1-7-12(8(2)17-16-7)15-6-9-3-4-10(13)11(14)5-9/h3-6H,1-2H3. The maximum absolute atomic E-state index is 12.9. The summed E-state index contributed by atoms with van der Waals surface area (Å²) >= 11 is 0. The summed E-state index contributed by atoms with van der Waals surface area (Å²) in [5.41, 5.74) is 1.74. The Morgan fingerprint density at radius 3 is 2.59 bits per heavy atom. The van der Waals surface area contributed by atoms with Crippen LogP contribution in [0.5, 0.6) is 0 Å². The van der Waals surface area contributed by atoms with E-state index in [1.54, 1.807) is 13.8 Å². The molecule has 0 aliphatic heterocycles. The monoisotopic (exact) mass is 236 g/mol. The van der Waals surface area contributed by atoms with Crippen LogP contribution in [0.25, 0.3) is 0 Å². The van der Waals surface area contributed by atoms with E-state index in [9.17, 15) is 8.78 Å². The van der Waals surface area contributed by atoms with Crippen molar-refractivity contribution >= 4 is 11.9 Å². The number of rotatable bonds is 2. The summed E-state index contributed by atoms with van der Waals surface area (Å²) in [6, 6.07) is 3.58. The second kappa shape index (κ2) is 4.45. The lowest BCUT2D eigenvalue weighted by Gasteiger charge is -1.95. The molecular weight excluding hydrogens is 226 g/mol. The molecule has 0 amide bonds. The van der Waals surface area contributed by atoms with Gasteiger partial charge in [0.2, 0.25) is 0 Å². The van der Waals surface area contributed by atoms with Crippen LogP contribution in [-0.4, -0.2) is 11.4 Å². The highest BCUT2D eigenvalue weighted by atomic mass is 19.2. The van der Waals surface area contributed by atoms with Crippen LogP contribution in [0, 0.1) is 25.5 Å². The van der Waals surface area contributed by atoms with Crippen LogP contribution in [0.4, 0.5) is 14.5 Å². The average molecular weight is 236 g/mol. The van der Waals surface area contributed by atoms with Gasteiger partial charge in [-0.15, -0.1) is 0 Å². The van der Waals surface area contributed by atoms with Gasteiger partial charge in [0.1, 0.15) is 11.4 Å². The van der Waals surface area contributed by atoms with Crippen molar-refractivity contribution in [3.63, 3.8) is 0 Å². The molecule has 1 aromatic carbocycles. The molecule has 1 aromatic heterocycles. The minimum Gasteiger partial charge on any atom is -0.359 e. The van der Waals surface area contributed by atoms with Crippen molar-refractivity contribution < 1.29 is 13.3 Å². The number of aliphatic imine (C=N–C) groups is 1. The SMILES string of the molecule is Cc1noc(C)c1N=Cc1ccc(F)c(F)c1. The molecule has 0 spiro atoms. The zero-order valence-electron chi connectivity index (χ0n) is 9.37. The summed E-state index contributed by atoms with van der Waals surface area (Å²) in [6.07, 6.45) is 1.44. The molecule has 0 saturated carbocycles. The number of hydrogen-bond acceptors (Lipinski definition) is 3. The van der Waals surface area contributed by atoms with Crippen molar-refractivity contribution in [2.24, 2.45) is 4.99 Å². The Morgan fingerprint density at radius 1 is 1.24 bits per heavy atom. The van der Waals surface area contributed by atoms with Gasteiger partial charge < -0.3 is 4.52 Å². The van der Waals surface area contributed by atoms with E-state index in [4.69, 9.17) is 4.52 Å². The lowest BCUT2D eigenvalue weighted by molar-refractivity contribution is 0.393. The molecule has 0 bridgehead atoms. The maximum atomic E-state index is 12.9. The molecule has 3 nitrogen and oxygen atoms in total. The zero-order valence-corrected chi connectivity index (χ0v) is 9.37. The van der Waals surface area contributed by atoms with Crippen molar-refractivity contribution in [1.82, 2.24) is 5.16 Å². The number of aromatic nitrogens is 1. The minimum atomic E-state index is -0.896. The van der Waals surface area contributed by atoms with Crippen LogP contribution >= 0.6 is 0 Å². The van der Waals surface area contributed by atoms with Crippen molar-refractivity contribution in [1.29, 1.82) is 0 Å². The number of halogens is 2. The van der Waals surface area contributed by atoms with Crippen LogP contribution in [0.2, 0.25) is 0 Å². The molecule has 0 N–H and O–H groups in total. The average Bonchev–Trinajstić information content (AvgIpc) is 2.61. The Labute approximate surface area is 96.8 Å². The third-order valence-electron chi connectivity index (χ3n) is 2.28. The summed E-state index contributed by atoms with van der Waals surface area (Å²) in [6.45, 7) is 3.49. The largest absolute Gasteiger partial charge is 0.359 e. The van der Waals surface area contributed by atoms with E-state index in [1.807, 2.05) is 0 Å². The highest BCUT2D eigenvalue weighted by molar-refractivity contribution is 5.82. The first-order valence-electron chi connectivity index (χ1n) is 5.00. The highest BCUT2D eigenvalue weighted by Gasteiger charge is 2.06. The molecule has 88 valence electrons. The molecule has 0 radical (unpaired) electrons. The number of nitrogens with zero attached hydrogens (tertiary/aromatic N) is 2. The molecule has 0 saturated heterocycles. The molecule has 0 unspecified atom stereocenters. The summed E-state index contributed by atoms with van der Waals surface area (Å²) in [7, 11) is 0. The lowest BCUT2D eigenvalue weighted by atomic mass is 10.2. The van der Waals surface area contributed by atoms with Crippen molar-refractivity contribution in [3.8, 4) is 0 Å². The second-order valence-corrected chi connectivity index (χ2v) is 3.60. The third kappa shape index (κ3) is 2.38. The topological polar surface area (TPSA) is 38.4 Å². The predicted molar refractivity (Wildman–Crippen MR) is 59.6 cm³/mol. The van der Waals surface area contributed by atoms with Gasteiger partial charge in [0.05, 0.1) is 0 Å². The number of benzene rings is 1. The molecule has 0 aliphatic carbocycles. The molecule has 0 aliphatic rings. The summed E-state index contributed by atoms with van der Waals surface area (Å²) < 4.78 is 30.6. The van der Waals surface area contributed by atoms with Crippen LogP contribution in [0.1, 0.15) is 17.0 Å². The van der Waals surface area contributed by atoms with Crippen molar-refractivity contribution in [3.05, 3.63) is 46.9 Å². The van der Waals surface area contributed by atoms with Gasteiger partial charge in [-0.05, 0) is 31.5 Å². The smallest absolute Gasteiger partial charge is 0.159 e. The Hall–Kier alpha value is -2.04. The van der Waals surface area contributed by atoms with Crippen LogP contribution < -0.4 is 0 Å². The van der Waals surface area contributed by atoms with E-state index < -0.39 is 11.6 Å². The lowest BCUT2D eigenvalue weighted by Crippen LogP contribution is -1.87. The summed E-state index contributed by atoms with van der Waals surface area (Å²) in [4.78, 5) is 4.14. The summed E-state index contributed by atoms with van der Waals surface area (Å²) in [5, 5.41) is 3.74. The van der Waals surface area contributed by atoms with Gasteiger partial charge in [0, 0.05) is 6.21 Å². The van der Waals surface area contributed by atoms with Crippen LogP contribution in [-0.2, 0) is 0 Å². The van der Waals surface area contributed by atoms with Gasteiger partial charge in [0.25, 0.3) is 0 Å². The quantitative estimate of drug-likeness (QED) is 0.750. The maximum Gasteiger partial charge on any atom is 0.159 e. The van der Waals surface area contributed by atoms with Gasteiger partial charge >= 0.3 is 0 Å². The van der Waals surface area contributed by atoms with Crippen LogP contribution in [0.3, 0.4) is 0 Å². The Kier molecular flexibility index (Phi) is 2.99. The molecule has 0 atom stereocenters. The third-order valence-corrected chi connectivity index (χ3v) is 2.28. The van der Waals surface area contributed by atoms with Gasteiger partial charge in [-0.2, -0.15) is 0 Å². The Balaban J connectivity index is 2.29. The number of hydrogen-bond donors (Lipinski definition) is 0. The predicted octanol–water partition coefficient (Wildman–Crippen LogP) is 3.32. The molecule has 0 fully saturated rings. The van der Waals surface area contributed by atoms with Gasteiger partial charge in [0.15, 0.2) is 17.4 Å². The molecule has 1 heterocycles. The first kappa shape index (κ1) is 11.4. The Bertz CT molecular complexity index is 556. The molecule has 5 heteroatoms. The first-order valence-corrected chi connectivity index (χ1v) is 5.00. The highest BCUT2D eigenvalue weighted by Crippen LogP contribution is 2.22. The van der Waals surface area contributed by atoms with E-state index in [2.05, 4.69) is 10.1 Å². The van der Waals surface area contributed by atoms with E-state index in [-0.39, 0.29) is 0 Å². The molecule has 17 heavy (non-hydrogen) atoms. The fraction of sp³-hybridized carbons (Fsp3) is 0.167. The van der Waals surface area contributed by atoms with E-state index in [1.165, 1.54) is 12.3 Å². The van der Waals surface area contributed by atoms with Gasteiger partial charge in [-0.1, -0.05) is 11.2 Å². The second-order valence-electron chi connectivity index (χ2n) is 3.60. The van der Waals surface area contributed by atoms with E-state index in [0.29, 0.717) is 22.7 Å².